The summed E-state index contributed by atoms with van der Waals surface area (Å²) in [5.41, 5.74) is 4.19. The number of sulfonamides is 1. The molecule has 0 unspecified atom stereocenters. The Hall–Kier alpha value is -3.53. The zero-order valence-corrected chi connectivity index (χ0v) is 22.7. The van der Waals surface area contributed by atoms with Crippen molar-refractivity contribution in [1.29, 1.82) is 0 Å². The van der Waals surface area contributed by atoms with E-state index in [2.05, 4.69) is 39.1 Å². The summed E-state index contributed by atoms with van der Waals surface area (Å²) in [6.45, 7) is 4.22. The van der Waals surface area contributed by atoms with E-state index in [4.69, 9.17) is 4.98 Å². The predicted octanol–water partition coefficient (Wildman–Crippen LogP) is 4.61. The van der Waals surface area contributed by atoms with Crippen molar-refractivity contribution >= 4 is 32.3 Å². The van der Waals surface area contributed by atoms with E-state index in [1.54, 1.807) is 18.3 Å². The van der Waals surface area contributed by atoms with Gasteiger partial charge in [-0.25, -0.2) is 18.1 Å². The van der Waals surface area contributed by atoms with Crippen LogP contribution < -0.4 is 15.6 Å². The summed E-state index contributed by atoms with van der Waals surface area (Å²) >= 11 is 0. The number of aryl methyl sites for hydroxylation is 1. The molecule has 0 radical (unpaired) electrons. The standard InChI is InChI=1S/C29H33N5O3S/c1-4-19-7-10-24(38(36,37)30-2)18-25(19)26-17-22-11-14-31-29(35)27(22)28(33-26)32-23-8-5-20(6-9-23)21-12-15-34(3)16-13-21/h5-11,14,17-18,21,30H,4,12-13,15-16H2,1-3H3,(H,31,35)(H,32,33). The number of rotatable bonds is 7. The molecule has 198 valence electrons. The van der Waals surface area contributed by atoms with Crippen molar-refractivity contribution in [3.8, 4) is 11.3 Å². The van der Waals surface area contributed by atoms with Crippen molar-refractivity contribution in [3.05, 3.63) is 82.3 Å². The number of aromatic amines is 1. The molecular formula is C29H33N5O3S. The number of anilines is 2. The summed E-state index contributed by atoms with van der Waals surface area (Å²) in [7, 11) is -0.0746. The number of pyridine rings is 2. The average Bonchev–Trinajstić information content (AvgIpc) is 2.93. The van der Waals surface area contributed by atoms with Crippen LogP contribution >= 0.6 is 0 Å². The van der Waals surface area contributed by atoms with Crippen LogP contribution in [0.4, 0.5) is 11.5 Å². The smallest absolute Gasteiger partial charge is 0.259 e. The lowest BCUT2D eigenvalue weighted by Gasteiger charge is -2.29. The van der Waals surface area contributed by atoms with Crippen LogP contribution in [0.25, 0.3) is 22.0 Å². The van der Waals surface area contributed by atoms with Gasteiger partial charge in [-0.1, -0.05) is 25.1 Å². The predicted molar refractivity (Wildman–Crippen MR) is 153 cm³/mol. The van der Waals surface area contributed by atoms with E-state index in [9.17, 15) is 13.2 Å². The Bertz CT molecular complexity index is 1620. The Labute approximate surface area is 223 Å². The Morgan fingerprint density at radius 1 is 1.05 bits per heavy atom. The normalized spacial score (nSPS) is 15.1. The van der Waals surface area contributed by atoms with Gasteiger partial charge in [-0.05, 0) is 105 Å². The van der Waals surface area contributed by atoms with E-state index < -0.39 is 10.0 Å². The number of nitrogens with zero attached hydrogens (tertiary/aromatic N) is 2. The van der Waals surface area contributed by atoms with E-state index in [1.807, 2.05) is 37.3 Å². The van der Waals surface area contributed by atoms with Gasteiger partial charge in [-0.2, -0.15) is 0 Å². The molecule has 0 saturated carbocycles. The third-order valence-electron chi connectivity index (χ3n) is 7.43. The highest BCUT2D eigenvalue weighted by molar-refractivity contribution is 7.89. The van der Waals surface area contributed by atoms with Gasteiger partial charge in [-0.3, -0.25) is 4.79 Å². The largest absolute Gasteiger partial charge is 0.340 e. The molecule has 3 heterocycles. The first-order valence-corrected chi connectivity index (χ1v) is 14.4. The van der Waals surface area contributed by atoms with Crippen LogP contribution in [0.3, 0.4) is 0 Å². The van der Waals surface area contributed by atoms with Gasteiger partial charge in [-0.15, -0.1) is 0 Å². The molecular weight excluding hydrogens is 498 g/mol. The van der Waals surface area contributed by atoms with Crippen molar-refractivity contribution in [3.63, 3.8) is 0 Å². The van der Waals surface area contributed by atoms with E-state index in [1.165, 1.54) is 12.6 Å². The van der Waals surface area contributed by atoms with Gasteiger partial charge in [0.25, 0.3) is 5.56 Å². The SMILES string of the molecule is CCc1ccc(S(=O)(=O)NC)cc1-c1cc2cc[nH]c(=O)c2c(Nc2ccc(C3CCN(C)CC3)cc2)n1. The van der Waals surface area contributed by atoms with Crippen LogP contribution in [0.2, 0.25) is 0 Å². The fourth-order valence-corrected chi connectivity index (χ4v) is 5.90. The van der Waals surface area contributed by atoms with Gasteiger partial charge < -0.3 is 15.2 Å². The first-order chi connectivity index (χ1) is 18.3. The number of benzene rings is 2. The van der Waals surface area contributed by atoms with Crippen LogP contribution in [-0.2, 0) is 16.4 Å². The van der Waals surface area contributed by atoms with Crippen LogP contribution in [0.15, 0.2) is 70.5 Å². The van der Waals surface area contributed by atoms with Gasteiger partial charge in [0.05, 0.1) is 16.0 Å². The highest BCUT2D eigenvalue weighted by atomic mass is 32.2. The van der Waals surface area contributed by atoms with Gasteiger partial charge in [0.1, 0.15) is 5.82 Å². The minimum atomic E-state index is -3.63. The first-order valence-electron chi connectivity index (χ1n) is 12.9. The highest BCUT2D eigenvalue weighted by Gasteiger charge is 2.19. The molecule has 5 rings (SSSR count). The van der Waals surface area contributed by atoms with Crippen molar-refractivity contribution < 1.29 is 8.42 Å². The molecule has 9 heteroatoms. The van der Waals surface area contributed by atoms with E-state index in [0.717, 1.165) is 37.2 Å². The van der Waals surface area contributed by atoms with E-state index >= 15 is 0 Å². The fourth-order valence-electron chi connectivity index (χ4n) is 5.15. The maximum absolute atomic E-state index is 12.8. The molecule has 1 aliphatic rings. The Balaban J connectivity index is 1.56. The number of likely N-dealkylation sites (tertiary alicyclic amines) is 1. The summed E-state index contributed by atoms with van der Waals surface area (Å²) in [5, 5.41) is 4.53. The van der Waals surface area contributed by atoms with Crippen LogP contribution in [0, 0.1) is 0 Å². The topological polar surface area (TPSA) is 107 Å². The van der Waals surface area contributed by atoms with Crippen LogP contribution in [-0.4, -0.2) is 50.5 Å². The Morgan fingerprint density at radius 2 is 1.79 bits per heavy atom. The molecule has 2 aromatic heterocycles. The average molecular weight is 532 g/mol. The second-order valence-corrected chi connectivity index (χ2v) is 11.7. The molecule has 2 aromatic carbocycles. The summed E-state index contributed by atoms with van der Waals surface area (Å²) in [5.74, 6) is 0.981. The summed E-state index contributed by atoms with van der Waals surface area (Å²) < 4.78 is 27.4. The minimum absolute atomic E-state index is 0.166. The second-order valence-electron chi connectivity index (χ2n) is 9.83. The molecule has 4 aromatic rings. The number of nitrogens with one attached hydrogen (secondary N) is 3. The number of H-pyrrole nitrogens is 1. The van der Waals surface area contributed by atoms with E-state index in [0.29, 0.717) is 40.2 Å². The third-order valence-corrected chi connectivity index (χ3v) is 8.85. The van der Waals surface area contributed by atoms with Crippen molar-refractivity contribution in [2.75, 3.05) is 32.5 Å². The fraction of sp³-hybridized carbons (Fsp3) is 0.310. The number of hydrogen-bond donors (Lipinski definition) is 3. The second kappa shape index (κ2) is 10.7. The molecule has 0 atom stereocenters. The monoisotopic (exact) mass is 531 g/mol. The number of piperidine rings is 1. The molecule has 8 nitrogen and oxygen atoms in total. The molecule has 3 N–H and O–H groups in total. The quantitative estimate of drug-likeness (QED) is 0.321. The summed E-state index contributed by atoms with van der Waals surface area (Å²) in [6, 6.07) is 17.1. The molecule has 0 amide bonds. The Kier molecular flexibility index (Phi) is 7.34. The lowest BCUT2D eigenvalue weighted by Crippen LogP contribution is -2.29. The number of hydrogen-bond acceptors (Lipinski definition) is 6. The molecule has 1 fully saturated rings. The lowest BCUT2D eigenvalue weighted by molar-refractivity contribution is 0.255. The lowest BCUT2D eigenvalue weighted by atomic mass is 9.89. The zero-order valence-electron chi connectivity index (χ0n) is 21.9. The zero-order chi connectivity index (χ0) is 26.9. The maximum atomic E-state index is 12.8. The highest BCUT2D eigenvalue weighted by Crippen LogP contribution is 2.33. The summed E-state index contributed by atoms with van der Waals surface area (Å²) in [4.78, 5) is 23.0. The molecule has 0 aliphatic carbocycles. The van der Waals surface area contributed by atoms with Crippen molar-refractivity contribution in [1.82, 2.24) is 19.6 Å². The van der Waals surface area contributed by atoms with Crippen molar-refractivity contribution in [2.24, 2.45) is 0 Å². The van der Waals surface area contributed by atoms with Crippen molar-refractivity contribution in [2.45, 2.75) is 37.0 Å². The number of fused-ring (bicyclic) bond motifs is 1. The molecule has 0 spiro atoms. The number of aromatic nitrogens is 2. The Morgan fingerprint density at radius 3 is 2.47 bits per heavy atom. The molecule has 1 aliphatic heterocycles. The summed E-state index contributed by atoms with van der Waals surface area (Å²) in [6.07, 6.45) is 4.60. The van der Waals surface area contributed by atoms with Gasteiger partial charge in [0.15, 0.2) is 0 Å². The van der Waals surface area contributed by atoms with Gasteiger partial charge >= 0.3 is 0 Å². The van der Waals surface area contributed by atoms with Gasteiger partial charge in [0, 0.05) is 17.4 Å². The first kappa shape index (κ1) is 26.1. The third kappa shape index (κ3) is 5.22. The maximum Gasteiger partial charge on any atom is 0.259 e. The molecule has 1 saturated heterocycles. The van der Waals surface area contributed by atoms with E-state index in [-0.39, 0.29) is 10.5 Å². The molecule has 0 bridgehead atoms. The van der Waals surface area contributed by atoms with Crippen LogP contribution in [0.1, 0.15) is 36.8 Å². The van der Waals surface area contributed by atoms with Gasteiger partial charge in [0.2, 0.25) is 10.0 Å². The molecule has 38 heavy (non-hydrogen) atoms. The minimum Gasteiger partial charge on any atom is -0.340 e. The van der Waals surface area contributed by atoms with Crippen LogP contribution in [0.5, 0.6) is 0 Å².